The molecule has 0 saturated carbocycles. The number of aliphatic hydroxyl groups is 1. The highest BCUT2D eigenvalue weighted by atomic mass is 79.9. The maximum atomic E-state index is 8.96. The van der Waals surface area contributed by atoms with Crippen LogP contribution < -0.4 is 4.74 Å². The third kappa shape index (κ3) is 2.57. The lowest BCUT2D eigenvalue weighted by Crippen LogP contribution is -1.99. The predicted octanol–water partition coefficient (Wildman–Crippen LogP) is 2.39. The molecule has 0 aliphatic rings. The van der Waals surface area contributed by atoms with Gasteiger partial charge in [-0.2, -0.15) is 0 Å². The van der Waals surface area contributed by atoms with Gasteiger partial charge >= 0.3 is 0 Å². The van der Waals surface area contributed by atoms with E-state index in [-0.39, 0.29) is 6.61 Å². The number of ether oxygens (including phenoxy) is 1. The van der Waals surface area contributed by atoms with Crippen molar-refractivity contribution >= 4 is 15.9 Å². The van der Waals surface area contributed by atoms with E-state index in [0.29, 0.717) is 6.42 Å². The molecule has 0 fully saturated rings. The summed E-state index contributed by atoms with van der Waals surface area (Å²) in [6, 6.07) is 5.85. The Balaban J connectivity index is 2.36. The fourth-order valence-electron chi connectivity index (χ4n) is 1.80. The molecule has 0 radical (unpaired) electrons. The molecule has 0 bridgehead atoms. The first-order valence-electron chi connectivity index (χ1n) is 5.62. The highest BCUT2D eigenvalue weighted by molar-refractivity contribution is 9.10. The first-order valence-corrected chi connectivity index (χ1v) is 6.42. The minimum Gasteiger partial charge on any atom is -0.496 e. The number of aliphatic hydroxyl groups excluding tert-OH is 1. The number of benzene rings is 1. The second-order valence-corrected chi connectivity index (χ2v) is 4.83. The fraction of sp³-hybridized carbons (Fsp3) is 0.308. The Kier molecular flexibility index (Phi) is 4.04. The molecule has 2 rings (SSSR count). The van der Waals surface area contributed by atoms with Crippen molar-refractivity contribution in [3.05, 3.63) is 34.7 Å². The summed E-state index contributed by atoms with van der Waals surface area (Å²) in [5, 5.41) is 8.96. The Bertz CT molecular complexity index is 552. The second kappa shape index (κ2) is 5.54. The highest BCUT2D eigenvalue weighted by Crippen LogP contribution is 2.30. The van der Waals surface area contributed by atoms with Crippen LogP contribution in [0.3, 0.4) is 0 Å². The van der Waals surface area contributed by atoms with Crippen LogP contribution in [0.2, 0.25) is 0 Å². The summed E-state index contributed by atoms with van der Waals surface area (Å²) in [4.78, 5) is 4.51. The van der Waals surface area contributed by atoms with Crippen molar-refractivity contribution in [2.45, 2.75) is 6.42 Å². The van der Waals surface area contributed by atoms with Crippen LogP contribution in [0.4, 0.5) is 0 Å². The van der Waals surface area contributed by atoms with Crippen LogP contribution in [0.15, 0.2) is 28.9 Å². The van der Waals surface area contributed by atoms with Gasteiger partial charge in [-0.3, -0.25) is 0 Å². The van der Waals surface area contributed by atoms with Crippen molar-refractivity contribution in [2.75, 3.05) is 13.7 Å². The first kappa shape index (κ1) is 13.1. The van der Waals surface area contributed by atoms with Crippen LogP contribution >= 0.6 is 15.9 Å². The Morgan fingerprint density at radius 1 is 1.44 bits per heavy atom. The number of aryl methyl sites for hydroxylation is 1. The first-order chi connectivity index (χ1) is 8.65. The highest BCUT2D eigenvalue weighted by Gasteiger charge is 2.09. The summed E-state index contributed by atoms with van der Waals surface area (Å²) in [5.74, 6) is 1.67. The monoisotopic (exact) mass is 310 g/mol. The van der Waals surface area contributed by atoms with Crippen molar-refractivity contribution < 1.29 is 9.84 Å². The fourth-order valence-corrected chi connectivity index (χ4v) is 2.34. The van der Waals surface area contributed by atoms with Crippen molar-refractivity contribution in [1.82, 2.24) is 9.55 Å². The van der Waals surface area contributed by atoms with Crippen LogP contribution in [0, 0.1) is 0 Å². The van der Waals surface area contributed by atoms with Gasteiger partial charge in [0.25, 0.3) is 0 Å². The van der Waals surface area contributed by atoms with Gasteiger partial charge in [-0.15, -0.1) is 0 Å². The molecular formula is C13H15BrN2O2. The van der Waals surface area contributed by atoms with Crippen molar-refractivity contribution in [2.24, 2.45) is 7.05 Å². The van der Waals surface area contributed by atoms with Gasteiger partial charge in [-0.05, 0) is 34.1 Å². The third-order valence-corrected chi connectivity index (χ3v) is 3.38. The Labute approximate surface area is 114 Å². The molecule has 0 aliphatic heterocycles. The van der Waals surface area contributed by atoms with Gasteiger partial charge in [0.05, 0.1) is 23.9 Å². The van der Waals surface area contributed by atoms with Gasteiger partial charge in [-0.25, -0.2) is 4.98 Å². The largest absolute Gasteiger partial charge is 0.496 e. The molecule has 1 heterocycles. The van der Waals surface area contributed by atoms with Crippen LogP contribution in [-0.4, -0.2) is 28.4 Å². The van der Waals surface area contributed by atoms with Gasteiger partial charge in [-0.1, -0.05) is 0 Å². The predicted molar refractivity (Wildman–Crippen MR) is 73.7 cm³/mol. The van der Waals surface area contributed by atoms with E-state index < -0.39 is 0 Å². The van der Waals surface area contributed by atoms with Gasteiger partial charge in [0.15, 0.2) is 0 Å². The van der Waals surface area contributed by atoms with Crippen molar-refractivity contribution in [3.63, 3.8) is 0 Å². The second-order valence-electron chi connectivity index (χ2n) is 3.98. The molecule has 1 aromatic carbocycles. The van der Waals surface area contributed by atoms with E-state index >= 15 is 0 Å². The lowest BCUT2D eigenvalue weighted by Gasteiger charge is -2.04. The van der Waals surface area contributed by atoms with Gasteiger partial charge in [0, 0.05) is 25.2 Å². The number of hydrogen-bond acceptors (Lipinski definition) is 3. The van der Waals surface area contributed by atoms with E-state index in [1.165, 1.54) is 0 Å². The van der Waals surface area contributed by atoms with Crippen LogP contribution in [0.1, 0.15) is 5.82 Å². The molecular weight excluding hydrogens is 296 g/mol. The molecule has 5 heteroatoms. The van der Waals surface area contributed by atoms with Crippen molar-refractivity contribution in [3.8, 4) is 17.0 Å². The molecule has 1 aromatic heterocycles. The molecule has 4 nitrogen and oxygen atoms in total. The van der Waals surface area contributed by atoms with Crippen molar-refractivity contribution in [1.29, 1.82) is 0 Å². The summed E-state index contributed by atoms with van der Waals surface area (Å²) in [7, 11) is 3.57. The average molecular weight is 311 g/mol. The SMILES string of the molecule is COc1ccc(-c2cn(C)c(CCO)n2)cc1Br. The van der Waals surface area contributed by atoms with Gasteiger partial charge in [0.2, 0.25) is 0 Å². The van der Waals surface area contributed by atoms with E-state index in [9.17, 15) is 0 Å². The standard InChI is InChI=1S/C13H15BrN2O2/c1-16-8-11(15-13(16)5-6-17)9-3-4-12(18-2)10(14)7-9/h3-4,7-8,17H,5-6H2,1-2H3. The number of methoxy groups -OCH3 is 1. The minimum absolute atomic E-state index is 0.108. The molecule has 0 atom stereocenters. The molecule has 96 valence electrons. The molecule has 0 amide bonds. The smallest absolute Gasteiger partial charge is 0.133 e. The summed E-state index contributed by atoms with van der Waals surface area (Å²) in [5.41, 5.74) is 1.91. The number of halogens is 1. The third-order valence-electron chi connectivity index (χ3n) is 2.76. The lowest BCUT2D eigenvalue weighted by atomic mass is 10.1. The van der Waals surface area contributed by atoms with E-state index in [4.69, 9.17) is 9.84 Å². The van der Waals surface area contributed by atoms with Gasteiger partial charge in [0.1, 0.15) is 11.6 Å². The quantitative estimate of drug-likeness (QED) is 0.943. The summed E-state index contributed by atoms with van der Waals surface area (Å²) < 4.78 is 8.03. The molecule has 18 heavy (non-hydrogen) atoms. The number of nitrogens with zero attached hydrogens (tertiary/aromatic N) is 2. The molecule has 0 saturated heterocycles. The Morgan fingerprint density at radius 3 is 2.83 bits per heavy atom. The van der Waals surface area contributed by atoms with Crippen LogP contribution in [-0.2, 0) is 13.5 Å². The van der Waals surface area contributed by atoms with Crippen LogP contribution in [0.5, 0.6) is 5.75 Å². The average Bonchev–Trinajstić information content (AvgIpc) is 2.71. The summed E-state index contributed by atoms with van der Waals surface area (Å²) in [6.45, 7) is 0.108. The zero-order valence-electron chi connectivity index (χ0n) is 10.4. The molecule has 1 N–H and O–H groups in total. The Morgan fingerprint density at radius 2 is 2.22 bits per heavy atom. The van der Waals surface area contributed by atoms with E-state index in [2.05, 4.69) is 20.9 Å². The molecule has 0 aliphatic carbocycles. The zero-order chi connectivity index (χ0) is 13.1. The minimum atomic E-state index is 0.108. The normalized spacial score (nSPS) is 10.7. The number of rotatable bonds is 4. The molecule has 2 aromatic rings. The maximum absolute atomic E-state index is 8.96. The number of aromatic nitrogens is 2. The Hall–Kier alpha value is -1.33. The van der Waals surface area contributed by atoms with Gasteiger partial charge < -0.3 is 14.4 Å². The number of imidazole rings is 1. The molecule has 0 spiro atoms. The summed E-state index contributed by atoms with van der Waals surface area (Å²) >= 11 is 3.46. The maximum Gasteiger partial charge on any atom is 0.133 e. The van der Waals surface area contributed by atoms with E-state index in [0.717, 1.165) is 27.3 Å². The van der Waals surface area contributed by atoms with Crippen LogP contribution in [0.25, 0.3) is 11.3 Å². The zero-order valence-corrected chi connectivity index (χ0v) is 11.9. The summed E-state index contributed by atoms with van der Waals surface area (Å²) in [6.07, 6.45) is 2.52. The van der Waals surface area contributed by atoms with E-state index in [1.807, 2.05) is 36.0 Å². The number of hydrogen-bond donors (Lipinski definition) is 1. The molecule has 0 unspecified atom stereocenters. The lowest BCUT2D eigenvalue weighted by molar-refractivity contribution is 0.295. The topological polar surface area (TPSA) is 47.3 Å². The van der Waals surface area contributed by atoms with E-state index in [1.54, 1.807) is 7.11 Å².